The molecule has 3 heteroatoms. The lowest BCUT2D eigenvalue weighted by atomic mass is 10.3. The van der Waals surface area contributed by atoms with Crippen LogP contribution in [0.4, 0.5) is 0 Å². The highest BCUT2D eigenvalue weighted by Gasteiger charge is 2.05. The predicted octanol–water partition coefficient (Wildman–Crippen LogP) is 1.93. The third-order valence-corrected chi connectivity index (χ3v) is 2.70. The maximum absolute atomic E-state index is 4.51. The minimum absolute atomic E-state index is 0.880. The fourth-order valence-electron chi connectivity index (χ4n) is 1.45. The van der Waals surface area contributed by atoms with E-state index in [0.29, 0.717) is 0 Å². The molecular weight excluding hydrogens is 174 g/mol. The number of hydrogen-bond acceptors (Lipinski definition) is 2. The summed E-state index contributed by atoms with van der Waals surface area (Å²) in [7, 11) is 2.08. The Morgan fingerprint density at radius 3 is 2.57 bits per heavy atom. The first-order valence-corrected chi connectivity index (χ1v) is 5.36. The Hall–Kier alpha value is -0.830. The molecule has 80 valence electrons. The van der Waals surface area contributed by atoms with E-state index >= 15 is 0 Å². The molecule has 1 rings (SSSR count). The van der Waals surface area contributed by atoms with Crippen molar-refractivity contribution < 1.29 is 0 Å². The molecule has 14 heavy (non-hydrogen) atoms. The average Bonchev–Trinajstić information content (AvgIpc) is 2.41. The molecule has 0 aromatic carbocycles. The molecule has 0 fully saturated rings. The predicted molar refractivity (Wildman–Crippen MR) is 59.3 cm³/mol. The molecule has 0 spiro atoms. The molecule has 3 nitrogen and oxygen atoms in total. The summed E-state index contributed by atoms with van der Waals surface area (Å²) in [5, 5.41) is 3.40. The Morgan fingerprint density at radius 1 is 1.36 bits per heavy atom. The van der Waals surface area contributed by atoms with Crippen LogP contribution in [0.1, 0.15) is 37.0 Å². The van der Waals surface area contributed by atoms with E-state index in [1.807, 2.05) is 0 Å². The normalized spacial score (nSPS) is 10.9. The van der Waals surface area contributed by atoms with Crippen LogP contribution in [0.15, 0.2) is 0 Å². The Balaban J connectivity index is 2.47. The van der Waals surface area contributed by atoms with E-state index < -0.39 is 0 Å². The molecule has 0 unspecified atom stereocenters. The van der Waals surface area contributed by atoms with Crippen LogP contribution in [0.3, 0.4) is 0 Å². The first-order chi connectivity index (χ1) is 6.66. The third-order valence-electron chi connectivity index (χ3n) is 2.70. The Bertz CT molecular complexity index is 289. The summed E-state index contributed by atoms with van der Waals surface area (Å²) in [6.07, 6.45) is 2.48. The highest BCUT2D eigenvalue weighted by Crippen LogP contribution is 2.07. The standard InChI is InChI=1S/C11H21N3/c1-5-6-7-12-8-11-13-9(2)10(3)14(11)4/h12H,5-8H2,1-4H3. The lowest BCUT2D eigenvalue weighted by Crippen LogP contribution is -2.17. The van der Waals surface area contributed by atoms with E-state index in [9.17, 15) is 0 Å². The monoisotopic (exact) mass is 195 g/mol. The Kier molecular flexibility index (Phi) is 4.14. The molecule has 0 radical (unpaired) electrons. The van der Waals surface area contributed by atoms with Crippen LogP contribution in [0, 0.1) is 13.8 Å². The Morgan fingerprint density at radius 2 is 2.07 bits per heavy atom. The zero-order valence-electron chi connectivity index (χ0n) is 9.72. The van der Waals surface area contributed by atoms with E-state index in [0.717, 1.165) is 24.6 Å². The number of imidazole rings is 1. The van der Waals surface area contributed by atoms with Crippen molar-refractivity contribution in [2.24, 2.45) is 7.05 Å². The molecule has 1 heterocycles. The molecule has 0 bridgehead atoms. The van der Waals surface area contributed by atoms with Crippen molar-refractivity contribution in [3.05, 3.63) is 17.2 Å². The topological polar surface area (TPSA) is 29.9 Å². The van der Waals surface area contributed by atoms with Crippen molar-refractivity contribution >= 4 is 0 Å². The molecule has 1 aromatic heterocycles. The highest BCUT2D eigenvalue weighted by molar-refractivity contribution is 5.13. The average molecular weight is 195 g/mol. The SMILES string of the molecule is CCCCNCc1nc(C)c(C)n1C. The molecule has 1 aromatic rings. The van der Waals surface area contributed by atoms with Crippen molar-refractivity contribution in [2.45, 2.75) is 40.2 Å². The zero-order valence-corrected chi connectivity index (χ0v) is 9.72. The largest absolute Gasteiger partial charge is 0.334 e. The molecule has 0 aliphatic rings. The van der Waals surface area contributed by atoms with Gasteiger partial charge in [0.1, 0.15) is 5.82 Å². The summed E-state index contributed by atoms with van der Waals surface area (Å²) in [5.74, 6) is 1.14. The number of aryl methyl sites for hydroxylation is 1. The van der Waals surface area contributed by atoms with Crippen LogP contribution in [0.5, 0.6) is 0 Å². The minimum atomic E-state index is 0.880. The number of aromatic nitrogens is 2. The summed E-state index contributed by atoms with van der Waals surface area (Å²) < 4.78 is 2.16. The highest BCUT2D eigenvalue weighted by atomic mass is 15.1. The van der Waals surface area contributed by atoms with Gasteiger partial charge in [0.15, 0.2) is 0 Å². The van der Waals surface area contributed by atoms with Gasteiger partial charge in [0.2, 0.25) is 0 Å². The van der Waals surface area contributed by atoms with Crippen LogP contribution < -0.4 is 5.32 Å². The molecule has 0 saturated carbocycles. The summed E-state index contributed by atoms with van der Waals surface area (Å²) >= 11 is 0. The zero-order chi connectivity index (χ0) is 10.6. The summed E-state index contributed by atoms with van der Waals surface area (Å²) in [5.41, 5.74) is 2.40. The number of nitrogens with one attached hydrogen (secondary N) is 1. The quantitative estimate of drug-likeness (QED) is 0.728. The second-order valence-corrected chi connectivity index (χ2v) is 3.79. The maximum Gasteiger partial charge on any atom is 0.122 e. The van der Waals surface area contributed by atoms with E-state index in [1.165, 1.54) is 18.5 Å². The van der Waals surface area contributed by atoms with Crippen LogP contribution in [0.25, 0.3) is 0 Å². The van der Waals surface area contributed by atoms with Gasteiger partial charge in [-0.3, -0.25) is 0 Å². The van der Waals surface area contributed by atoms with Gasteiger partial charge in [-0.25, -0.2) is 4.98 Å². The molecule has 0 atom stereocenters. The second kappa shape index (κ2) is 5.15. The number of rotatable bonds is 5. The van der Waals surface area contributed by atoms with Crippen LogP contribution >= 0.6 is 0 Å². The van der Waals surface area contributed by atoms with Gasteiger partial charge in [-0.15, -0.1) is 0 Å². The summed E-state index contributed by atoms with van der Waals surface area (Å²) in [6, 6.07) is 0. The van der Waals surface area contributed by atoms with E-state index in [4.69, 9.17) is 0 Å². The fraction of sp³-hybridized carbons (Fsp3) is 0.727. The fourth-order valence-corrected chi connectivity index (χ4v) is 1.45. The van der Waals surface area contributed by atoms with Crippen molar-refractivity contribution in [1.29, 1.82) is 0 Å². The third kappa shape index (κ3) is 2.58. The van der Waals surface area contributed by atoms with Gasteiger partial charge < -0.3 is 9.88 Å². The van der Waals surface area contributed by atoms with Gasteiger partial charge >= 0.3 is 0 Å². The molecule has 1 N–H and O–H groups in total. The van der Waals surface area contributed by atoms with Crippen molar-refractivity contribution in [1.82, 2.24) is 14.9 Å². The molecule has 0 amide bonds. The first-order valence-electron chi connectivity index (χ1n) is 5.36. The van der Waals surface area contributed by atoms with Gasteiger partial charge in [-0.05, 0) is 26.8 Å². The molecule has 0 aliphatic heterocycles. The van der Waals surface area contributed by atoms with Crippen molar-refractivity contribution in [3.63, 3.8) is 0 Å². The van der Waals surface area contributed by atoms with Gasteiger partial charge in [0.25, 0.3) is 0 Å². The first kappa shape index (κ1) is 11.2. The van der Waals surface area contributed by atoms with Crippen molar-refractivity contribution in [2.75, 3.05) is 6.54 Å². The van der Waals surface area contributed by atoms with Gasteiger partial charge in [0.05, 0.1) is 12.2 Å². The molecular formula is C11H21N3. The van der Waals surface area contributed by atoms with Crippen molar-refractivity contribution in [3.8, 4) is 0 Å². The number of nitrogens with zero attached hydrogens (tertiary/aromatic N) is 2. The number of hydrogen-bond donors (Lipinski definition) is 1. The van der Waals surface area contributed by atoms with E-state index in [1.54, 1.807) is 0 Å². The van der Waals surface area contributed by atoms with Crippen LogP contribution in [-0.4, -0.2) is 16.1 Å². The Labute approximate surface area is 86.5 Å². The molecule has 0 saturated heterocycles. The van der Waals surface area contributed by atoms with Crippen LogP contribution in [-0.2, 0) is 13.6 Å². The summed E-state index contributed by atoms with van der Waals surface area (Å²) in [6.45, 7) is 8.34. The van der Waals surface area contributed by atoms with Crippen LogP contribution in [0.2, 0.25) is 0 Å². The lowest BCUT2D eigenvalue weighted by Gasteiger charge is -2.04. The number of unbranched alkanes of at least 4 members (excludes halogenated alkanes) is 1. The smallest absolute Gasteiger partial charge is 0.122 e. The summed E-state index contributed by atoms with van der Waals surface area (Å²) in [4.78, 5) is 4.51. The maximum atomic E-state index is 4.51. The lowest BCUT2D eigenvalue weighted by molar-refractivity contribution is 0.606. The van der Waals surface area contributed by atoms with Gasteiger partial charge in [-0.1, -0.05) is 13.3 Å². The minimum Gasteiger partial charge on any atom is -0.334 e. The molecule has 0 aliphatic carbocycles. The van der Waals surface area contributed by atoms with Gasteiger partial charge in [-0.2, -0.15) is 0 Å². The second-order valence-electron chi connectivity index (χ2n) is 3.79. The van der Waals surface area contributed by atoms with Gasteiger partial charge in [0, 0.05) is 12.7 Å². The van der Waals surface area contributed by atoms with E-state index in [2.05, 4.69) is 42.7 Å². The van der Waals surface area contributed by atoms with E-state index in [-0.39, 0.29) is 0 Å².